The van der Waals surface area contributed by atoms with Crippen LogP contribution in [0.1, 0.15) is 25.3 Å². The average molecular weight is 274 g/mol. The van der Waals surface area contributed by atoms with Gasteiger partial charge in [0.1, 0.15) is 6.04 Å². The number of carbonyl (C=O) groups excluding carboxylic acids is 1. The molecule has 1 aliphatic heterocycles. The third kappa shape index (κ3) is 2.96. The quantitative estimate of drug-likeness (QED) is 0.802. The predicted octanol–water partition coefficient (Wildman–Crippen LogP) is 1.73. The lowest BCUT2D eigenvalue weighted by Gasteiger charge is -2.25. The number of para-hydroxylation sites is 1. The molecule has 20 heavy (non-hydrogen) atoms. The highest BCUT2D eigenvalue weighted by Crippen LogP contribution is 2.28. The number of esters is 1. The monoisotopic (exact) mass is 274 g/mol. The molecule has 108 valence electrons. The van der Waals surface area contributed by atoms with Gasteiger partial charge in [-0.15, -0.1) is 0 Å². The van der Waals surface area contributed by atoms with Gasteiger partial charge >= 0.3 is 5.97 Å². The Kier molecular flexibility index (Phi) is 3.92. The van der Waals surface area contributed by atoms with E-state index >= 15 is 0 Å². The van der Waals surface area contributed by atoms with E-state index in [4.69, 9.17) is 4.74 Å². The molecule has 1 heterocycles. The molecular weight excluding hydrogens is 252 g/mol. The number of benzene rings is 1. The van der Waals surface area contributed by atoms with Crippen LogP contribution in [-0.2, 0) is 16.0 Å². The van der Waals surface area contributed by atoms with Crippen molar-refractivity contribution in [1.29, 1.82) is 0 Å². The molecule has 1 fully saturated rings. The maximum atomic E-state index is 12.1. The summed E-state index contributed by atoms with van der Waals surface area (Å²) in [7, 11) is 0. The molecule has 1 atom stereocenters. The molecular formula is C16H22N2O2. The summed E-state index contributed by atoms with van der Waals surface area (Å²) in [6.07, 6.45) is 3.41. The molecule has 2 aliphatic rings. The average Bonchev–Trinajstić information content (AvgIpc) is 3.18. The van der Waals surface area contributed by atoms with Crippen molar-refractivity contribution in [3.05, 3.63) is 29.8 Å². The Morgan fingerprint density at radius 1 is 1.45 bits per heavy atom. The van der Waals surface area contributed by atoms with Crippen LogP contribution < -0.4 is 10.2 Å². The summed E-state index contributed by atoms with van der Waals surface area (Å²) in [6, 6.07) is 8.74. The van der Waals surface area contributed by atoms with Gasteiger partial charge < -0.3 is 15.0 Å². The van der Waals surface area contributed by atoms with E-state index in [9.17, 15) is 4.79 Å². The first-order valence-corrected chi connectivity index (χ1v) is 7.53. The largest absolute Gasteiger partial charge is 0.465 e. The fourth-order valence-corrected chi connectivity index (χ4v) is 2.79. The topological polar surface area (TPSA) is 41.6 Å². The molecule has 1 unspecified atom stereocenters. The van der Waals surface area contributed by atoms with Crippen LogP contribution in [0.15, 0.2) is 24.3 Å². The molecule has 0 amide bonds. The zero-order valence-electron chi connectivity index (χ0n) is 12.0. The molecule has 0 saturated heterocycles. The van der Waals surface area contributed by atoms with Crippen molar-refractivity contribution in [3.63, 3.8) is 0 Å². The van der Waals surface area contributed by atoms with Gasteiger partial charge in [-0.2, -0.15) is 0 Å². The van der Waals surface area contributed by atoms with Crippen LogP contribution in [0.25, 0.3) is 0 Å². The summed E-state index contributed by atoms with van der Waals surface area (Å²) in [6.45, 7) is 3.99. The molecule has 0 bridgehead atoms. The van der Waals surface area contributed by atoms with Crippen molar-refractivity contribution in [3.8, 4) is 0 Å². The van der Waals surface area contributed by atoms with Crippen molar-refractivity contribution in [1.82, 2.24) is 5.32 Å². The molecule has 0 radical (unpaired) electrons. The summed E-state index contributed by atoms with van der Waals surface area (Å²) in [5.74, 6) is -0.121. The normalized spacial score (nSPS) is 18.8. The van der Waals surface area contributed by atoms with Gasteiger partial charge in [0.05, 0.1) is 6.61 Å². The Hall–Kier alpha value is -1.55. The number of hydrogen-bond donors (Lipinski definition) is 1. The minimum absolute atomic E-state index is 0.121. The number of nitrogens with one attached hydrogen (secondary N) is 1. The van der Waals surface area contributed by atoms with E-state index in [-0.39, 0.29) is 12.0 Å². The highest BCUT2D eigenvalue weighted by Gasteiger charge is 2.32. The number of anilines is 1. The lowest BCUT2D eigenvalue weighted by atomic mass is 10.2. The number of hydrogen-bond acceptors (Lipinski definition) is 4. The minimum atomic E-state index is -0.214. The number of nitrogens with zero attached hydrogens (tertiary/aromatic N) is 1. The smallest absolute Gasteiger partial charge is 0.324 e. The van der Waals surface area contributed by atoms with Crippen LogP contribution in [0.2, 0.25) is 0 Å². The van der Waals surface area contributed by atoms with Gasteiger partial charge in [0.25, 0.3) is 0 Å². The van der Waals surface area contributed by atoms with Crippen molar-refractivity contribution in [2.75, 3.05) is 24.6 Å². The first kappa shape index (κ1) is 13.4. The Labute approximate surface area is 120 Å². The van der Waals surface area contributed by atoms with Crippen LogP contribution in [0, 0.1) is 0 Å². The number of carbonyl (C=O) groups is 1. The highest BCUT2D eigenvalue weighted by atomic mass is 16.5. The van der Waals surface area contributed by atoms with Gasteiger partial charge in [0, 0.05) is 24.8 Å². The van der Waals surface area contributed by atoms with Crippen LogP contribution in [0.4, 0.5) is 5.69 Å². The van der Waals surface area contributed by atoms with E-state index in [2.05, 4.69) is 34.5 Å². The predicted molar refractivity (Wildman–Crippen MR) is 78.9 cm³/mol. The Balaban J connectivity index is 1.68. The number of rotatable bonds is 6. The molecule has 4 nitrogen and oxygen atoms in total. The zero-order chi connectivity index (χ0) is 13.9. The molecule has 1 aromatic carbocycles. The van der Waals surface area contributed by atoms with E-state index in [1.165, 1.54) is 24.1 Å². The maximum absolute atomic E-state index is 12.1. The van der Waals surface area contributed by atoms with Crippen molar-refractivity contribution < 1.29 is 9.53 Å². The van der Waals surface area contributed by atoms with Crippen LogP contribution in [0.3, 0.4) is 0 Å². The number of fused-ring (bicyclic) bond motifs is 1. The molecule has 1 saturated carbocycles. The van der Waals surface area contributed by atoms with Gasteiger partial charge in [-0.25, -0.2) is 0 Å². The van der Waals surface area contributed by atoms with Crippen LogP contribution in [-0.4, -0.2) is 37.7 Å². The lowest BCUT2D eigenvalue weighted by Crippen LogP contribution is -2.47. The maximum Gasteiger partial charge on any atom is 0.324 e. The van der Waals surface area contributed by atoms with E-state index in [0.717, 1.165) is 13.0 Å². The van der Waals surface area contributed by atoms with Gasteiger partial charge in [-0.3, -0.25) is 4.79 Å². The Morgan fingerprint density at radius 2 is 2.25 bits per heavy atom. The summed E-state index contributed by atoms with van der Waals surface area (Å²) in [5.41, 5.74) is 2.64. The van der Waals surface area contributed by atoms with Gasteiger partial charge in [0.2, 0.25) is 0 Å². The van der Waals surface area contributed by atoms with Gasteiger partial charge in [0.15, 0.2) is 0 Å². The minimum Gasteiger partial charge on any atom is -0.465 e. The SMILES string of the molecule is CCOC(=O)C(CN1CCc2ccccc21)NC1CC1. The van der Waals surface area contributed by atoms with E-state index < -0.39 is 0 Å². The fraction of sp³-hybridized carbons (Fsp3) is 0.562. The van der Waals surface area contributed by atoms with Crippen molar-refractivity contribution >= 4 is 11.7 Å². The molecule has 0 spiro atoms. The third-order valence-electron chi connectivity index (χ3n) is 3.97. The highest BCUT2D eigenvalue weighted by molar-refractivity contribution is 5.77. The Morgan fingerprint density at radius 3 is 3.00 bits per heavy atom. The number of ether oxygens (including phenoxy) is 1. The summed E-state index contributed by atoms with van der Waals surface area (Å²) in [4.78, 5) is 14.4. The molecule has 1 aromatic rings. The van der Waals surface area contributed by atoms with Crippen LogP contribution in [0.5, 0.6) is 0 Å². The van der Waals surface area contributed by atoms with Crippen molar-refractivity contribution in [2.24, 2.45) is 0 Å². The third-order valence-corrected chi connectivity index (χ3v) is 3.97. The fourth-order valence-electron chi connectivity index (χ4n) is 2.79. The molecule has 1 N–H and O–H groups in total. The molecule has 1 aliphatic carbocycles. The van der Waals surface area contributed by atoms with Crippen molar-refractivity contribution in [2.45, 2.75) is 38.3 Å². The van der Waals surface area contributed by atoms with E-state index in [1.807, 2.05) is 6.92 Å². The summed E-state index contributed by atoms with van der Waals surface area (Å²) in [5, 5.41) is 3.42. The second-order valence-corrected chi connectivity index (χ2v) is 5.57. The van der Waals surface area contributed by atoms with E-state index in [0.29, 0.717) is 19.2 Å². The van der Waals surface area contributed by atoms with Gasteiger partial charge in [-0.05, 0) is 37.8 Å². The second kappa shape index (κ2) is 5.83. The zero-order valence-corrected chi connectivity index (χ0v) is 12.0. The molecule has 3 rings (SSSR count). The molecule has 4 heteroatoms. The Bertz CT molecular complexity index is 485. The van der Waals surface area contributed by atoms with Gasteiger partial charge in [-0.1, -0.05) is 18.2 Å². The first-order chi connectivity index (χ1) is 9.78. The molecule has 0 aromatic heterocycles. The first-order valence-electron chi connectivity index (χ1n) is 7.53. The van der Waals surface area contributed by atoms with E-state index in [1.54, 1.807) is 0 Å². The lowest BCUT2D eigenvalue weighted by molar-refractivity contribution is -0.145. The second-order valence-electron chi connectivity index (χ2n) is 5.57. The van der Waals surface area contributed by atoms with Crippen LogP contribution >= 0.6 is 0 Å². The standard InChI is InChI=1S/C16H22N2O2/c1-2-20-16(19)14(17-13-7-8-13)11-18-10-9-12-5-3-4-6-15(12)18/h3-6,13-14,17H,2,7-11H2,1H3. The summed E-state index contributed by atoms with van der Waals surface area (Å²) >= 11 is 0. The summed E-state index contributed by atoms with van der Waals surface area (Å²) < 4.78 is 5.20.